The Morgan fingerprint density at radius 2 is 1.71 bits per heavy atom. The van der Waals surface area contributed by atoms with E-state index in [0.29, 0.717) is 12.2 Å². The third-order valence-corrected chi connectivity index (χ3v) is 3.30. The van der Waals surface area contributed by atoms with Gasteiger partial charge >= 0.3 is 6.03 Å². The monoisotopic (exact) mass is 281 g/mol. The number of carbonyl (C=O) groups is 2. The van der Waals surface area contributed by atoms with Gasteiger partial charge < -0.3 is 15.5 Å². The van der Waals surface area contributed by atoms with Gasteiger partial charge in [0.05, 0.1) is 6.54 Å². The van der Waals surface area contributed by atoms with Gasteiger partial charge in [-0.05, 0) is 23.8 Å². The summed E-state index contributed by atoms with van der Waals surface area (Å²) in [5.74, 6) is -0.192. The lowest BCUT2D eigenvalue weighted by atomic mass is 10.2. The third-order valence-electron chi connectivity index (χ3n) is 3.30. The van der Waals surface area contributed by atoms with Crippen molar-refractivity contribution in [1.82, 2.24) is 4.90 Å². The van der Waals surface area contributed by atoms with E-state index < -0.39 is 0 Å². The molecule has 0 atom stereocenters. The molecule has 3 rings (SSSR count). The van der Waals surface area contributed by atoms with Crippen LogP contribution in [0.5, 0.6) is 0 Å². The smallest absolute Gasteiger partial charge is 0.322 e. The fraction of sp³-hybridized carbons (Fsp3) is 0.125. The molecule has 21 heavy (non-hydrogen) atoms. The van der Waals surface area contributed by atoms with Crippen molar-refractivity contribution < 1.29 is 9.59 Å². The molecule has 2 N–H and O–H groups in total. The molecule has 3 amide bonds. The predicted octanol–water partition coefficient (Wildman–Crippen LogP) is 2.67. The lowest BCUT2D eigenvalue weighted by Gasteiger charge is -2.20. The SMILES string of the molecule is O=C1CN(C(=O)Nc2ccccc2)Cc2ccccc2N1. The van der Waals surface area contributed by atoms with Gasteiger partial charge in [-0.3, -0.25) is 4.79 Å². The van der Waals surface area contributed by atoms with Crippen molar-refractivity contribution in [3.8, 4) is 0 Å². The van der Waals surface area contributed by atoms with Crippen LogP contribution in [0.4, 0.5) is 16.2 Å². The molecular formula is C16H15N3O2. The van der Waals surface area contributed by atoms with E-state index >= 15 is 0 Å². The van der Waals surface area contributed by atoms with Crippen LogP contribution >= 0.6 is 0 Å². The number of nitrogens with zero attached hydrogens (tertiary/aromatic N) is 1. The molecule has 0 aliphatic carbocycles. The summed E-state index contributed by atoms with van der Waals surface area (Å²) < 4.78 is 0. The lowest BCUT2D eigenvalue weighted by molar-refractivity contribution is -0.116. The van der Waals surface area contributed by atoms with E-state index in [1.165, 1.54) is 4.90 Å². The molecular weight excluding hydrogens is 266 g/mol. The average Bonchev–Trinajstić information content (AvgIpc) is 2.66. The average molecular weight is 281 g/mol. The van der Waals surface area contributed by atoms with Gasteiger partial charge in [-0.2, -0.15) is 0 Å². The van der Waals surface area contributed by atoms with Crippen molar-refractivity contribution >= 4 is 23.3 Å². The van der Waals surface area contributed by atoms with Crippen LogP contribution in [-0.4, -0.2) is 23.4 Å². The summed E-state index contributed by atoms with van der Waals surface area (Å²) in [5.41, 5.74) is 2.39. The van der Waals surface area contributed by atoms with Crippen LogP contribution < -0.4 is 10.6 Å². The van der Waals surface area contributed by atoms with Crippen LogP contribution in [0.15, 0.2) is 54.6 Å². The molecule has 1 aliphatic rings. The first-order valence-corrected chi connectivity index (χ1v) is 6.71. The van der Waals surface area contributed by atoms with E-state index in [0.717, 1.165) is 11.3 Å². The Bertz CT molecular complexity index is 670. The van der Waals surface area contributed by atoms with Crippen molar-refractivity contribution in [3.63, 3.8) is 0 Å². The number of fused-ring (bicyclic) bond motifs is 1. The molecule has 0 saturated carbocycles. The van der Waals surface area contributed by atoms with E-state index in [-0.39, 0.29) is 18.5 Å². The Morgan fingerprint density at radius 3 is 2.52 bits per heavy atom. The fourth-order valence-corrected chi connectivity index (χ4v) is 2.27. The van der Waals surface area contributed by atoms with Gasteiger partial charge in [0.25, 0.3) is 0 Å². The van der Waals surface area contributed by atoms with Gasteiger partial charge in [-0.25, -0.2) is 4.79 Å². The number of hydrogen-bond acceptors (Lipinski definition) is 2. The highest BCUT2D eigenvalue weighted by Crippen LogP contribution is 2.20. The zero-order chi connectivity index (χ0) is 14.7. The van der Waals surface area contributed by atoms with Crippen molar-refractivity contribution in [2.45, 2.75) is 6.54 Å². The van der Waals surface area contributed by atoms with Crippen LogP contribution in [0.3, 0.4) is 0 Å². The standard InChI is InChI=1S/C16H15N3O2/c20-15-11-19(10-12-6-4-5-9-14(12)18-15)16(21)17-13-7-2-1-3-8-13/h1-9H,10-11H2,(H,17,21)(H,18,20). The minimum absolute atomic E-state index is 0.0351. The number of hydrogen-bond donors (Lipinski definition) is 2. The van der Waals surface area contributed by atoms with Crippen LogP contribution in [0.1, 0.15) is 5.56 Å². The molecule has 0 aromatic heterocycles. The Balaban J connectivity index is 1.79. The van der Waals surface area contributed by atoms with Crippen molar-refractivity contribution in [3.05, 3.63) is 60.2 Å². The van der Waals surface area contributed by atoms with Gasteiger partial charge in [0.2, 0.25) is 5.91 Å². The highest BCUT2D eigenvalue weighted by atomic mass is 16.2. The fourth-order valence-electron chi connectivity index (χ4n) is 2.27. The lowest BCUT2D eigenvalue weighted by Crippen LogP contribution is -2.38. The number of anilines is 2. The summed E-state index contributed by atoms with van der Waals surface area (Å²) >= 11 is 0. The van der Waals surface area contributed by atoms with Crippen LogP contribution in [0, 0.1) is 0 Å². The second-order valence-electron chi connectivity index (χ2n) is 4.86. The van der Waals surface area contributed by atoms with Gasteiger partial charge in [-0.1, -0.05) is 36.4 Å². The maximum Gasteiger partial charge on any atom is 0.322 e. The van der Waals surface area contributed by atoms with Gasteiger partial charge in [0.15, 0.2) is 0 Å². The van der Waals surface area contributed by atoms with Crippen molar-refractivity contribution in [1.29, 1.82) is 0 Å². The molecule has 2 aromatic carbocycles. The third kappa shape index (κ3) is 3.02. The zero-order valence-electron chi connectivity index (χ0n) is 11.4. The van der Waals surface area contributed by atoms with Crippen LogP contribution in [0.25, 0.3) is 0 Å². The predicted molar refractivity (Wildman–Crippen MR) is 80.9 cm³/mol. The molecule has 0 bridgehead atoms. The van der Waals surface area contributed by atoms with Gasteiger partial charge in [-0.15, -0.1) is 0 Å². The molecule has 1 aliphatic heterocycles. The topological polar surface area (TPSA) is 61.4 Å². The molecule has 0 radical (unpaired) electrons. The van der Waals surface area contributed by atoms with Gasteiger partial charge in [0, 0.05) is 11.4 Å². The van der Waals surface area contributed by atoms with Crippen molar-refractivity contribution in [2.24, 2.45) is 0 Å². The molecule has 5 heteroatoms. The first kappa shape index (κ1) is 13.2. The Labute approximate surface area is 122 Å². The summed E-state index contributed by atoms with van der Waals surface area (Å²) in [6, 6.07) is 16.4. The number of para-hydroxylation sites is 2. The Kier molecular flexibility index (Phi) is 3.55. The summed E-state index contributed by atoms with van der Waals surface area (Å²) in [6.45, 7) is 0.431. The molecule has 2 aromatic rings. The van der Waals surface area contributed by atoms with Crippen molar-refractivity contribution in [2.75, 3.05) is 17.2 Å². The maximum atomic E-state index is 12.3. The molecule has 0 fully saturated rings. The number of carbonyl (C=O) groups excluding carboxylic acids is 2. The van der Waals surface area contributed by atoms with Crippen LogP contribution in [-0.2, 0) is 11.3 Å². The summed E-state index contributed by atoms with van der Waals surface area (Å²) in [6.07, 6.45) is 0. The minimum Gasteiger partial charge on any atom is -0.324 e. The Hall–Kier alpha value is -2.82. The number of nitrogens with one attached hydrogen (secondary N) is 2. The largest absolute Gasteiger partial charge is 0.324 e. The second kappa shape index (κ2) is 5.66. The second-order valence-corrected chi connectivity index (χ2v) is 4.86. The van der Waals surface area contributed by atoms with Gasteiger partial charge in [0.1, 0.15) is 6.54 Å². The molecule has 1 heterocycles. The van der Waals surface area contributed by atoms with E-state index in [9.17, 15) is 9.59 Å². The number of benzene rings is 2. The summed E-state index contributed by atoms with van der Waals surface area (Å²) in [5, 5.41) is 5.61. The summed E-state index contributed by atoms with van der Waals surface area (Å²) in [4.78, 5) is 25.7. The first-order valence-electron chi connectivity index (χ1n) is 6.71. The van der Waals surface area contributed by atoms with Crippen LogP contribution in [0.2, 0.25) is 0 Å². The highest BCUT2D eigenvalue weighted by Gasteiger charge is 2.22. The minimum atomic E-state index is -0.284. The molecule has 0 unspecified atom stereocenters. The Morgan fingerprint density at radius 1 is 1.00 bits per heavy atom. The van der Waals surface area contributed by atoms with E-state index in [1.54, 1.807) is 0 Å². The molecule has 106 valence electrons. The highest BCUT2D eigenvalue weighted by molar-refractivity contribution is 5.98. The quantitative estimate of drug-likeness (QED) is 0.844. The van der Waals surface area contributed by atoms with E-state index in [1.807, 2.05) is 54.6 Å². The normalized spacial score (nSPS) is 13.9. The molecule has 0 spiro atoms. The molecule has 5 nitrogen and oxygen atoms in total. The first-order chi connectivity index (χ1) is 10.2. The number of amides is 3. The van der Waals surface area contributed by atoms with E-state index in [2.05, 4.69) is 10.6 Å². The molecule has 0 saturated heterocycles. The zero-order valence-corrected chi connectivity index (χ0v) is 11.4. The number of urea groups is 1. The van der Waals surface area contributed by atoms with E-state index in [4.69, 9.17) is 0 Å². The number of rotatable bonds is 1. The maximum absolute atomic E-state index is 12.3. The summed E-state index contributed by atoms with van der Waals surface area (Å²) in [7, 11) is 0.